The number of alkyl halides is 4. The van der Waals surface area contributed by atoms with E-state index >= 15 is 4.39 Å². The van der Waals surface area contributed by atoms with Gasteiger partial charge in [0, 0.05) is 29.6 Å². The zero-order valence-electron chi connectivity index (χ0n) is 28.3. The Morgan fingerprint density at radius 2 is 1.54 bits per heavy atom. The third-order valence-corrected chi connectivity index (χ3v) is 12.9. The van der Waals surface area contributed by atoms with Gasteiger partial charge in [-0.3, -0.25) is 0 Å². The van der Waals surface area contributed by atoms with Crippen LogP contribution in [0.4, 0.5) is 17.6 Å². The summed E-state index contributed by atoms with van der Waals surface area (Å²) in [6.07, 6.45) is -2.76. The van der Waals surface area contributed by atoms with Gasteiger partial charge < -0.3 is 24.4 Å². The van der Waals surface area contributed by atoms with Gasteiger partial charge in [-0.2, -0.15) is 13.2 Å². The average Bonchev–Trinajstić information content (AvgIpc) is 3.32. The lowest BCUT2D eigenvalue weighted by Crippen LogP contribution is -2.66. The Hall–Kier alpha value is -2.46. The van der Waals surface area contributed by atoms with E-state index in [4.69, 9.17) is 14.2 Å². The van der Waals surface area contributed by atoms with Crippen LogP contribution in [0.5, 0.6) is 5.75 Å². The van der Waals surface area contributed by atoms with E-state index in [0.29, 0.717) is 64.6 Å². The highest BCUT2D eigenvalue weighted by Crippen LogP contribution is 2.71. The summed E-state index contributed by atoms with van der Waals surface area (Å²) in [5.74, 6) is -1.21. The number of hydrogen-bond donors (Lipinski definition) is 2. The minimum absolute atomic E-state index is 0.124. The summed E-state index contributed by atoms with van der Waals surface area (Å²) in [6.45, 7) is 7.79. The minimum Gasteiger partial charge on any atom is -0.489 e. The lowest BCUT2D eigenvalue weighted by atomic mass is 9.48. The molecule has 0 aromatic heterocycles. The van der Waals surface area contributed by atoms with Crippen LogP contribution in [0.1, 0.15) is 96.1 Å². The largest absolute Gasteiger partial charge is 0.489 e. The van der Waals surface area contributed by atoms with Crippen molar-refractivity contribution in [1.82, 2.24) is 0 Å². The molecule has 4 aliphatic carbocycles. The van der Waals surface area contributed by atoms with E-state index in [1.165, 1.54) is 0 Å². The maximum absolute atomic E-state index is 16.0. The van der Waals surface area contributed by atoms with Crippen molar-refractivity contribution in [3.63, 3.8) is 0 Å². The maximum Gasteiger partial charge on any atom is 0.425 e. The first-order chi connectivity index (χ1) is 22.4. The smallest absolute Gasteiger partial charge is 0.425 e. The van der Waals surface area contributed by atoms with Crippen molar-refractivity contribution in [1.29, 1.82) is 0 Å². The van der Waals surface area contributed by atoms with Crippen LogP contribution in [0.3, 0.4) is 0 Å². The van der Waals surface area contributed by atoms with Crippen LogP contribution in [-0.4, -0.2) is 52.3 Å². The zero-order valence-corrected chi connectivity index (χ0v) is 28.3. The Balaban J connectivity index is 1.27. The molecule has 1 saturated heterocycles. The number of aliphatic hydroxyl groups is 2. The molecule has 7 atom stereocenters. The number of benzene rings is 2. The number of fused-ring (bicyclic) bond motifs is 4. The number of hydrogen-bond acceptors (Lipinski definition) is 5. The zero-order chi connectivity index (χ0) is 34.4. The third-order valence-electron chi connectivity index (χ3n) is 12.9. The fourth-order valence-corrected chi connectivity index (χ4v) is 10.1. The molecule has 0 radical (unpaired) electrons. The van der Waals surface area contributed by atoms with Crippen molar-refractivity contribution in [2.45, 2.75) is 120 Å². The molecule has 1 aliphatic heterocycles. The van der Waals surface area contributed by atoms with Gasteiger partial charge >= 0.3 is 6.18 Å². The van der Waals surface area contributed by atoms with Crippen LogP contribution in [0.2, 0.25) is 0 Å². The molecule has 5 nitrogen and oxygen atoms in total. The topological polar surface area (TPSA) is 68.2 Å². The second kappa shape index (κ2) is 11.3. The predicted octanol–water partition coefficient (Wildman–Crippen LogP) is 8.58. The minimum atomic E-state index is -5.23. The first-order valence-electron chi connectivity index (χ1n) is 17.4. The molecule has 2 aromatic rings. The molecule has 2 aromatic carbocycles. The van der Waals surface area contributed by atoms with Crippen molar-refractivity contribution in [3.8, 4) is 5.75 Å². The predicted molar refractivity (Wildman–Crippen MR) is 173 cm³/mol. The molecule has 0 amide bonds. The fourth-order valence-electron chi connectivity index (χ4n) is 10.1. The van der Waals surface area contributed by atoms with Gasteiger partial charge in [0.2, 0.25) is 5.67 Å². The van der Waals surface area contributed by atoms with Crippen molar-refractivity contribution >= 4 is 0 Å². The van der Waals surface area contributed by atoms with Crippen LogP contribution in [0, 0.1) is 22.7 Å². The van der Waals surface area contributed by atoms with Crippen molar-refractivity contribution in [2.24, 2.45) is 22.7 Å². The summed E-state index contributed by atoms with van der Waals surface area (Å²) in [7, 11) is 0. The summed E-state index contributed by atoms with van der Waals surface area (Å²) >= 11 is 0. The molecule has 5 aliphatic rings. The summed E-state index contributed by atoms with van der Waals surface area (Å²) in [4.78, 5) is 0. The van der Waals surface area contributed by atoms with Crippen LogP contribution in [0.25, 0.3) is 0 Å². The Morgan fingerprint density at radius 3 is 2.19 bits per heavy atom. The maximum atomic E-state index is 16.0. The Kier molecular flexibility index (Phi) is 7.99. The highest BCUT2D eigenvalue weighted by Gasteiger charge is 2.76. The van der Waals surface area contributed by atoms with E-state index in [-0.39, 0.29) is 36.5 Å². The number of ether oxygens (including phenoxy) is 3. The van der Waals surface area contributed by atoms with Gasteiger partial charge in [-0.25, -0.2) is 4.39 Å². The lowest BCUT2D eigenvalue weighted by Gasteiger charge is -2.59. The summed E-state index contributed by atoms with van der Waals surface area (Å²) in [6, 6.07) is 17.4. The molecule has 4 fully saturated rings. The first-order valence-corrected chi connectivity index (χ1v) is 17.4. The molecule has 7 rings (SSSR count). The van der Waals surface area contributed by atoms with Crippen LogP contribution < -0.4 is 4.74 Å². The molecule has 9 heteroatoms. The second-order valence-corrected chi connectivity index (χ2v) is 16.5. The van der Waals surface area contributed by atoms with E-state index in [1.807, 2.05) is 54.6 Å². The van der Waals surface area contributed by atoms with E-state index < -0.39 is 40.2 Å². The third kappa shape index (κ3) is 5.25. The van der Waals surface area contributed by atoms with E-state index in [9.17, 15) is 23.4 Å². The van der Waals surface area contributed by atoms with E-state index in [1.54, 1.807) is 6.92 Å². The van der Waals surface area contributed by atoms with E-state index in [2.05, 4.69) is 13.8 Å². The van der Waals surface area contributed by atoms with Gasteiger partial charge in [0.05, 0.1) is 18.8 Å². The van der Waals surface area contributed by atoms with Gasteiger partial charge in [0.1, 0.15) is 18.0 Å². The molecule has 2 unspecified atom stereocenters. The lowest BCUT2D eigenvalue weighted by molar-refractivity contribution is -0.323. The second-order valence-electron chi connectivity index (χ2n) is 16.5. The van der Waals surface area contributed by atoms with Crippen molar-refractivity contribution < 1.29 is 42.0 Å². The summed E-state index contributed by atoms with van der Waals surface area (Å²) in [5.41, 5.74) is -5.21. The first kappa shape index (κ1) is 34.0. The van der Waals surface area contributed by atoms with Gasteiger partial charge in [0.25, 0.3) is 0 Å². The molecular formula is C39H48F4O5. The molecular weight excluding hydrogens is 624 g/mol. The Labute approximate surface area is 280 Å². The molecule has 262 valence electrons. The average molecular weight is 673 g/mol. The highest BCUT2D eigenvalue weighted by molar-refractivity contribution is 5.45. The Morgan fingerprint density at radius 1 is 0.875 bits per heavy atom. The van der Waals surface area contributed by atoms with Crippen LogP contribution >= 0.6 is 0 Å². The number of allylic oxidation sites excluding steroid dienone is 1. The van der Waals surface area contributed by atoms with Crippen LogP contribution in [0.15, 0.2) is 65.7 Å². The number of rotatable bonds is 5. The number of halogens is 4. The van der Waals surface area contributed by atoms with Gasteiger partial charge in [-0.05, 0) is 86.1 Å². The highest BCUT2D eigenvalue weighted by atomic mass is 19.4. The van der Waals surface area contributed by atoms with Gasteiger partial charge in [0.15, 0.2) is 5.79 Å². The van der Waals surface area contributed by atoms with Gasteiger partial charge in [-0.1, -0.05) is 68.8 Å². The molecule has 3 saturated carbocycles. The quantitative estimate of drug-likeness (QED) is 0.246. The summed E-state index contributed by atoms with van der Waals surface area (Å²) in [5, 5.41) is 24.4. The van der Waals surface area contributed by atoms with E-state index in [0.717, 1.165) is 22.3 Å². The standard InChI is InChI=1S/C39H48F4O5/c1-33(2)23-47-37(48-24-33)18-15-31-32-28(14-17-36(31,44)22-37)30-16-19-38(45,35(4,40)39(41,42)43)34(30,3)20-29(32)26-10-12-27(13-11-26)46-21-25-8-6-5-7-9-25/h5-13,28-30,44-45H,14-24H2,1-4H3/t28?,29-,30?,34+,35-,36-,38+/m1/s1. The fraction of sp³-hybridized carbons (Fsp3) is 0.641. The summed E-state index contributed by atoms with van der Waals surface area (Å²) < 4.78 is 77.7. The van der Waals surface area contributed by atoms with Crippen LogP contribution in [-0.2, 0) is 16.1 Å². The van der Waals surface area contributed by atoms with Crippen molar-refractivity contribution in [3.05, 3.63) is 76.9 Å². The molecule has 1 spiro atoms. The molecule has 0 bridgehead atoms. The molecule has 2 N–H and O–H groups in total. The van der Waals surface area contributed by atoms with Gasteiger partial charge in [-0.15, -0.1) is 0 Å². The van der Waals surface area contributed by atoms with Crippen molar-refractivity contribution in [2.75, 3.05) is 13.2 Å². The normalized spacial score (nSPS) is 36.9. The molecule has 48 heavy (non-hydrogen) atoms. The Bertz CT molecular complexity index is 1540. The SMILES string of the molecule is CC1(C)COC2(CCC3=C4C(CC[C@@]3(O)C2)C2CC[C@@](O)([C@@](C)(F)C(F)(F)F)[C@@]2(C)C[C@@H]4c2ccc(OCc3ccccc3)cc2)OC1. The molecule has 1 heterocycles. The monoisotopic (exact) mass is 672 g/mol.